The third-order valence-electron chi connectivity index (χ3n) is 2.31. The molecule has 0 amide bonds. The quantitative estimate of drug-likeness (QED) is 0.599. The van der Waals surface area contributed by atoms with Gasteiger partial charge < -0.3 is 10.4 Å². The first kappa shape index (κ1) is 11.3. The van der Waals surface area contributed by atoms with E-state index in [1.165, 1.54) is 0 Å². The molecule has 17 heavy (non-hydrogen) atoms. The third kappa shape index (κ3) is 1.89. The molecule has 0 unspecified atom stereocenters. The fourth-order valence-electron chi connectivity index (χ4n) is 1.59. The van der Waals surface area contributed by atoms with Crippen molar-refractivity contribution in [3.63, 3.8) is 0 Å². The average molecular weight is 238 g/mol. The van der Waals surface area contributed by atoms with E-state index in [9.17, 15) is 10.1 Å². The first-order valence-electron chi connectivity index (χ1n) is 4.90. The highest BCUT2D eigenvalue weighted by molar-refractivity contribution is 5.92. The Balaban J connectivity index is 2.64. The van der Waals surface area contributed by atoms with Crippen LogP contribution in [0.2, 0.25) is 0 Å². The lowest BCUT2D eigenvalue weighted by molar-refractivity contribution is -0.382. The maximum atomic E-state index is 11.0. The lowest BCUT2D eigenvalue weighted by atomic mass is 10.1. The predicted octanol–water partition coefficient (Wildman–Crippen LogP) is 0.844. The van der Waals surface area contributed by atoms with Gasteiger partial charge in [0.2, 0.25) is 5.52 Å². The summed E-state index contributed by atoms with van der Waals surface area (Å²) in [4.78, 5) is 10.5. The van der Waals surface area contributed by atoms with Gasteiger partial charge in [-0.15, -0.1) is 0 Å². The molecule has 0 atom stereocenters. The van der Waals surface area contributed by atoms with Crippen molar-refractivity contribution in [3.8, 4) is 0 Å². The molecular formula is C9H10N4O4. The van der Waals surface area contributed by atoms with Gasteiger partial charge in [-0.2, -0.15) is 0 Å². The molecule has 0 fully saturated rings. The molecule has 8 nitrogen and oxygen atoms in total. The van der Waals surface area contributed by atoms with Crippen molar-refractivity contribution in [1.29, 1.82) is 0 Å². The highest BCUT2D eigenvalue weighted by Crippen LogP contribution is 2.33. The number of nitrogens with zero attached hydrogens (tertiary/aromatic N) is 3. The number of aliphatic hydroxyl groups is 1. The summed E-state index contributed by atoms with van der Waals surface area (Å²) >= 11 is 0. The number of benzene rings is 1. The maximum absolute atomic E-state index is 11.0. The van der Waals surface area contributed by atoms with Gasteiger partial charge in [-0.25, -0.2) is 4.63 Å². The van der Waals surface area contributed by atoms with Crippen molar-refractivity contribution in [2.24, 2.45) is 0 Å². The largest absolute Gasteiger partial charge is 0.395 e. The summed E-state index contributed by atoms with van der Waals surface area (Å²) in [6.07, 6.45) is 0. The number of aromatic nitrogens is 2. The Bertz CT molecular complexity index is 565. The summed E-state index contributed by atoms with van der Waals surface area (Å²) in [5.41, 5.74) is 1.29. The molecule has 0 saturated heterocycles. The van der Waals surface area contributed by atoms with Gasteiger partial charge in [-0.3, -0.25) is 10.1 Å². The van der Waals surface area contributed by atoms with Crippen LogP contribution in [0.1, 0.15) is 5.56 Å². The predicted molar refractivity (Wildman–Crippen MR) is 58.8 cm³/mol. The van der Waals surface area contributed by atoms with Gasteiger partial charge in [0, 0.05) is 6.54 Å². The van der Waals surface area contributed by atoms with E-state index < -0.39 is 4.92 Å². The van der Waals surface area contributed by atoms with Crippen LogP contribution in [0.3, 0.4) is 0 Å². The number of hydrogen-bond donors (Lipinski definition) is 2. The lowest BCUT2D eigenvalue weighted by Gasteiger charge is -2.06. The fourth-order valence-corrected chi connectivity index (χ4v) is 1.59. The topological polar surface area (TPSA) is 114 Å². The molecule has 0 aliphatic carbocycles. The molecular weight excluding hydrogens is 228 g/mol. The van der Waals surface area contributed by atoms with Gasteiger partial charge in [0.15, 0.2) is 0 Å². The van der Waals surface area contributed by atoms with Crippen LogP contribution in [0.4, 0.5) is 11.4 Å². The minimum Gasteiger partial charge on any atom is -0.395 e. The summed E-state index contributed by atoms with van der Waals surface area (Å²) < 4.78 is 4.51. The van der Waals surface area contributed by atoms with Gasteiger partial charge in [-0.05, 0) is 28.9 Å². The molecule has 2 aromatic rings. The summed E-state index contributed by atoms with van der Waals surface area (Å²) in [6, 6.07) is 1.58. The smallest absolute Gasteiger partial charge is 0.323 e. The second-order valence-electron chi connectivity index (χ2n) is 3.46. The molecule has 0 aliphatic heterocycles. The first-order valence-corrected chi connectivity index (χ1v) is 4.90. The number of nitro benzene ring substituents is 1. The summed E-state index contributed by atoms with van der Waals surface area (Å²) in [7, 11) is 0. The zero-order valence-electron chi connectivity index (χ0n) is 9.01. The van der Waals surface area contributed by atoms with Crippen LogP contribution in [0.5, 0.6) is 0 Å². The maximum Gasteiger partial charge on any atom is 0.323 e. The monoisotopic (exact) mass is 238 g/mol. The Morgan fingerprint density at radius 3 is 2.88 bits per heavy atom. The van der Waals surface area contributed by atoms with E-state index in [1.54, 1.807) is 13.0 Å². The van der Waals surface area contributed by atoms with E-state index >= 15 is 0 Å². The molecule has 0 spiro atoms. The number of aryl methyl sites for hydroxylation is 1. The molecule has 90 valence electrons. The van der Waals surface area contributed by atoms with E-state index in [-0.39, 0.29) is 24.4 Å². The van der Waals surface area contributed by atoms with Crippen LogP contribution in [0.15, 0.2) is 10.7 Å². The van der Waals surface area contributed by atoms with Gasteiger partial charge in [0.05, 0.1) is 11.5 Å². The molecule has 0 saturated carbocycles. The Morgan fingerprint density at radius 1 is 1.53 bits per heavy atom. The highest BCUT2D eigenvalue weighted by atomic mass is 16.6. The van der Waals surface area contributed by atoms with Crippen molar-refractivity contribution >= 4 is 22.4 Å². The molecule has 8 heteroatoms. The van der Waals surface area contributed by atoms with E-state index in [0.717, 1.165) is 0 Å². The molecule has 1 heterocycles. The normalized spacial score (nSPS) is 10.7. The Kier molecular flexibility index (Phi) is 2.88. The molecule has 1 aromatic heterocycles. The van der Waals surface area contributed by atoms with Crippen LogP contribution >= 0.6 is 0 Å². The number of hydrogen-bond acceptors (Lipinski definition) is 7. The second-order valence-corrected chi connectivity index (χ2v) is 3.46. The first-order chi connectivity index (χ1) is 8.15. The fraction of sp³-hybridized carbons (Fsp3) is 0.333. The number of rotatable bonds is 4. The Labute approximate surface area is 95.3 Å². The average Bonchev–Trinajstić information content (AvgIpc) is 2.74. The van der Waals surface area contributed by atoms with E-state index in [1.807, 2.05) is 0 Å². The van der Waals surface area contributed by atoms with Gasteiger partial charge in [0.25, 0.3) is 0 Å². The number of fused-ring (bicyclic) bond motifs is 1. The Hall–Kier alpha value is -2.22. The number of anilines is 1. The summed E-state index contributed by atoms with van der Waals surface area (Å²) in [6.45, 7) is 1.85. The number of nitro groups is 1. The number of nitrogens with one attached hydrogen (secondary N) is 1. The third-order valence-corrected chi connectivity index (χ3v) is 2.31. The molecule has 0 bridgehead atoms. The van der Waals surface area contributed by atoms with Gasteiger partial charge in [-0.1, -0.05) is 0 Å². The van der Waals surface area contributed by atoms with E-state index in [2.05, 4.69) is 20.3 Å². The van der Waals surface area contributed by atoms with Crippen molar-refractivity contribution in [1.82, 2.24) is 10.3 Å². The number of aliphatic hydroxyl groups excluding tert-OH is 1. The van der Waals surface area contributed by atoms with Crippen molar-refractivity contribution < 1.29 is 14.7 Å². The van der Waals surface area contributed by atoms with Crippen LogP contribution in [0, 0.1) is 17.0 Å². The van der Waals surface area contributed by atoms with Crippen LogP contribution < -0.4 is 5.32 Å². The van der Waals surface area contributed by atoms with Crippen molar-refractivity contribution in [3.05, 3.63) is 21.7 Å². The van der Waals surface area contributed by atoms with Gasteiger partial charge in [0.1, 0.15) is 11.2 Å². The Morgan fingerprint density at radius 2 is 2.24 bits per heavy atom. The van der Waals surface area contributed by atoms with Crippen molar-refractivity contribution in [2.45, 2.75) is 6.92 Å². The van der Waals surface area contributed by atoms with Crippen molar-refractivity contribution in [2.75, 3.05) is 18.5 Å². The lowest BCUT2D eigenvalue weighted by Crippen LogP contribution is -2.08. The van der Waals surface area contributed by atoms with Gasteiger partial charge >= 0.3 is 5.69 Å². The molecule has 1 aromatic carbocycles. The minimum atomic E-state index is -0.550. The standard InChI is InChI=1S/C9H10N4O4/c1-5-4-6(10-2-3-14)9(13(15)16)8-7(5)11-17-12-8/h4,10,14H,2-3H2,1H3. The zero-order chi connectivity index (χ0) is 12.4. The SMILES string of the molecule is Cc1cc(NCCO)c([N+](=O)[O-])c2nonc12. The summed E-state index contributed by atoms with van der Waals surface area (Å²) in [5.74, 6) is 0. The van der Waals surface area contributed by atoms with E-state index in [0.29, 0.717) is 16.8 Å². The van der Waals surface area contributed by atoms with Crippen LogP contribution in [-0.2, 0) is 0 Å². The van der Waals surface area contributed by atoms with Crippen LogP contribution in [0.25, 0.3) is 11.0 Å². The van der Waals surface area contributed by atoms with E-state index in [4.69, 9.17) is 5.11 Å². The highest BCUT2D eigenvalue weighted by Gasteiger charge is 2.24. The molecule has 2 N–H and O–H groups in total. The second kappa shape index (κ2) is 4.34. The molecule has 0 radical (unpaired) electrons. The summed E-state index contributed by atoms with van der Waals surface area (Å²) in [5, 5.41) is 29.6. The zero-order valence-corrected chi connectivity index (χ0v) is 9.01. The van der Waals surface area contributed by atoms with Crippen LogP contribution in [-0.4, -0.2) is 33.5 Å². The molecule has 0 aliphatic rings. The molecule has 2 rings (SSSR count). The minimum absolute atomic E-state index is 0.107.